The van der Waals surface area contributed by atoms with Gasteiger partial charge in [0.15, 0.2) is 0 Å². The number of rotatable bonds is 4. The fraction of sp³-hybridized carbons (Fsp3) is 0.462. The van der Waals surface area contributed by atoms with Crippen LogP contribution in [0.3, 0.4) is 0 Å². The van der Waals surface area contributed by atoms with Gasteiger partial charge in [-0.15, -0.1) is 0 Å². The van der Waals surface area contributed by atoms with Gasteiger partial charge in [-0.05, 0) is 43.0 Å². The van der Waals surface area contributed by atoms with Crippen molar-refractivity contribution in [1.82, 2.24) is 5.32 Å². The molecule has 0 aromatic heterocycles. The van der Waals surface area contributed by atoms with E-state index >= 15 is 0 Å². The molecule has 1 rings (SSSR count). The molecule has 0 heterocycles. The van der Waals surface area contributed by atoms with Crippen molar-refractivity contribution >= 4 is 11.6 Å². The highest BCUT2D eigenvalue weighted by atomic mass is 16.1. The summed E-state index contributed by atoms with van der Waals surface area (Å²) in [5.41, 5.74) is 9.99. The highest BCUT2D eigenvalue weighted by Crippen LogP contribution is 2.19. The summed E-state index contributed by atoms with van der Waals surface area (Å²) in [6.45, 7) is 6.59. The van der Waals surface area contributed by atoms with Gasteiger partial charge in [-0.3, -0.25) is 4.79 Å². The standard InChI is InChI=1S/C13H20N2O/c1-4-5-13(16)15-8-11-9(2)6-7-12(14)10(11)3/h6-7H,4-5,8,14H2,1-3H3,(H,15,16). The van der Waals surface area contributed by atoms with E-state index in [1.54, 1.807) is 0 Å². The quantitative estimate of drug-likeness (QED) is 0.765. The largest absolute Gasteiger partial charge is 0.399 e. The van der Waals surface area contributed by atoms with E-state index in [-0.39, 0.29) is 5.91 Å². The van der Waals surface area contributed by atoms with E-state index in [9.17, 15) is 4.79 Å². The van der Waals surface area contributed by atoms with Gasteiger partial charge in [0.25, 0.3) is 0 Å². The number of nitrogen functional groups attached to an aromatic ring is 1. The third kappa shape index (κ3) is 2.99. The molecule has 0 aliphatic rings. The van der Waals surface area contributed by atoms with Crippen molar-refractivity contribution in [3.8, 4) is 0 Å². The van der Waals surface area contributed by atoms with Crippen molar-refractivity contribution in [2.24, 2.45) is 0 Å². The molecule has 0 radical (unpaired) electrons. The molecule has 0 bridgehead atoms. The summed E-state index contributed by atoms with van der Waals surface area (Å²) >= 11 is 0. The molecule has 0 fully saturated rings. The highest BCUT2D eigenvalue weighted by molar-refractivity contribution is 5.76. The van der Waals surface area contributed by atoms with Gasteiger partial charge in [0.05, 0.1) is 0 Å². The Hall–Kier alpha value is -1.51. The zero-order valence-electron chi connectivity index (χ0n) is 10.3. The summed E-state index contributed by atoms with van der Waals surface area (Å²) in [7, 11) is 0. The summed E-state index contributed by atoms with van der Waals surface area (Å²) in [5.74, 6) is 0.101. The maximum Gasteiger partial charge on any atom is 0.220 e. The number of hydrogen-bond donors (Lipinski definition) is 2. The van der Waals surface area contributed by atoms with Crippen LogP contribution < -0.4 is 11.1 Å². The Morgan fingerprint density at radius 1 is 1.38 bits per heavy atom. The zero-order chi connectivity index (χ0) is 12.1. The predicted molar refractivity (Wildman–Crippen MR) is 67.1 cm³/mol. The van der Waals surface area contributed by atoms with Gasteiger partial charge in [0.2, 0.25) is 5.91 Å². The molecule has 0 aliphatic heterocycles. The van der Waals surface area contributed by atoms with Gasteiger partial charge in [-0.2, -0.15) is 0 Å². The first-order valence-electron chi connectivity index (χ1n) is 5.67. The van der Waals surface area contributed by atoms with E-state index in [1.165, 1.54) is 5.56 Å². The number of carbonyl (C=O) groups excluding carboxylic acids is 1. The fourth-order valence-corrected chi connectivity index (χ4v) is 1.68. The Kier molecular flexibility index (Phi) is 4.35. The lowest BCUT2D eigenvalue weighted by Gasteiger charge is -2.12. The Morgan fingerprint density at radius 3 is 2.69 bits per heavy atom. The number of nitrogens with one attached hydrogen (secondary N) is 1. The third-order valence-electron chi connectivity index (χ3n) is 2.81. The number of amides is 1. The summed E-state index contributed by atoms with van der Waals surface area (Å²) in [5, 5.41) is 2.91. The number of carbonyl (C=O) groups is 1. The monoisotopic (exact) mass is 220 g/mol. The first-order chi connectivity index (χ1) is 7.56. The van der Waals surface area contributed by atoms with Crippen LogP contribution in [-0.2, 0) is 11.3 Å². The minimum Gasteiger partial charge on any atom is -0.399 e. The van der Waals surface area contributed by atoms with E-state index in [0.29, 0.717) is 13.0 Å². The van der Waals surface area contributed by atoms with E-state index in [2.05, 4.69) is 5.32 Å². The molecule has 88 valence electrons. The molecule has 1 amide bonds. The second-order valence-electron chi connectivity index (χ2n) is 4.10. The van der Waals surface area contributed by atoms with Gasteiger partial charge in [-0.25, -0.2) is 0 Å². The number of nitrogens with two attached hydrogens (primary N) is 1. The van der Waals surface area contributed by atoms with Crippen LogP contribution in [-0.4, -0.2) is 5.91 Å². The van der Waals surface area contributed by atoms with E-state index in [1.807, 2.05) is 32.9 Å². The lowest BCUT2D eigenvalue weighted by atomic mass is 10.0. The SMILES string of the molecule is CCCC(=O)NCc1c(C)ccc(N)c1C. The number of benzene rings is 1. The van der Waals surface area contributed by atoms with Gasteiger partial charge in [0.1, 0.15) is 0 Å². The lowest BCUT2D eigenvalue weighted by molar-refractivity contribution is -0.121. The van der Waals surface area contributed by atoms with Crippen LogP contribution in [0.2, 0.25) is 0 Å². The van der Waals surface area contributed by atoms with Crippen LogP contribution in [0.15, 0.2) is 12.1 Å². The smallest absolute Gasteiger partial charge is 0.220 e. The molecule has 0 saturated carbocycles. The molecule has 1 aromatic carbocycles. The Labute approximate surface area is 97.0 Å². The van der Waals surface area contributed by atoms with Crippen LogP contribution in [0.5, 0.6) is 0 Å². The Morgan fingerprint density at radius 2 is 2.06 bits per heavy atom. The normalized spacial score (nSPS) is 10.2. The summed E-state index contributed by atoms with van der Waals surface area (Å²) in [4.78, 5) is 11.4. The molecule has 3 heteroatoms. The van der Waals surface area contributed by atoms with Gasteiger partial charge in [-0.1, -0.05) is 13.0 Å². The van der Waals surface area contributed by atoms with E-state index < -0.39 is 0 Å². The molecule has 3 N–H and O–H groups in total. The predicted octanol–water partition coefficient (Wildman–Crippen LogP) is 2.30. The lowest BCUT2D eigenvalue weighted by Crippen LogP contribution is -2.23. The summed E-state index contributed by atoms with van der Waals surface area (Å²) in [6, 6.07) is 3.89. The second-order valence-corrected chi connectivity index (χ2v) is 4.10. The van der Waals surface area contributed by atoms with Crippen molar-refractivity contribution in [2.45, 2.75) is 40.2 Å². The molecular formula is C13H20N2O. The second kappa shape index (κ2) is 5.54. The maximum atomic E-state index is 11.4. The average Bonchev–Trinajstić information content (AvgIpc) is 2.24. The van der Waals surface area contributed by atoms with E-state index in [4.69, 9.17) is 5.73 Å². The molecular weight excluding hydrogens is 200 g/mol. The van der Waals surface area contributed by atoms with Crippen molar-refractivity contribution in [1.29, 1.82) is 0 Å². The van der Waals surface area contributed by atoms with E-state index in [0.717, 1.165) is 23.2 Å². The number of anilines is 1. The third-order valence-corrected chi connectivity index (χ3v) is 2.81. The maximum absolute atomic E-state index is 11.4. The molecule has 1 aromatic rings. The fourth-order valence-electron chi connectivity index (χ4n) is 1.68. The number of hydrogen-bond acceptors (Lipinski definition) is 2. The average molecular weight is 220 g/mol. The number of aryl methyl sites for hydroxylation is 1. The van der Waals surface area contributed by atoms with Gasteiger partial charge in [0, 0.05) is 18.7 Å². The summed E-state index contributed by atoms with van der Waals surface area (Å²) in [6.07, 6.45) is 1.46. The summed E-state index contributed by atoms with van der Waals surface area (Å²) < 4.78 is 0. The van der Waals surface area contributed by atoms with Gasteiger partial charge >= 0.3 is 0 Å². The van der Waals surface area contributed by atoms with Crippen molar-refractivity contribution < 1.29 is 4.79 Å². The molecule has 0 atom stereocenters. The molecule has 3 nitrogen and oxygen atoms in total. The van der Waals surface area contributed by atoms with Crippen LogP contribution >= 0.6 is 0 Å². The minimum atomic E-state index is 0.101. The Bertz CT molecular complexity index is 386. The van der Waals surface area contributed by atoms with Crippen molar-refractivity contribution in [3.63, 3.8) is 0 Å². The van der Waals surface area contributed by atoms with Crippen LogP contribution in [0.4, 0.5) is 5.69 Å². The topological polar surface area (TPSA) is 55.1 Å². The molecule has 16 heavy (non-hydrogen) atoms. The molecule has 0 aliphatic carbocycles. The van der Waals surface area contributed by atoms with Crippen LogP contribution in [0.25, 0.3) is 0 Å². The minimum absolute atomic E-state index is 0.101. The highest BCUT2D eigenvalue weighted by Gasteiger charge is 2.06. The van der Waals surface area contributed by atoms with Crippen LogP contribution in [0, 0.1) is 13.8 Å². The van der Waals surface area contributed by atoms with Crippen molar-refractivity contribution in [2.75, 3.05) is 5.73 Å². The molecule has 0 unspecified atom stereocenters. The van der Waals surface area contributed by atoms with Crippen molar-refractivity contribution in [3.05, 3.63) is 28.8 Å². The first-order valence-corrected chi connectivity index (χ1v) is 5.67. The molecule has 0 spiro atoms. The Balaban J connectivity index is 2.74. The van der Waals surface area contributed by atoms with Gasteiger partial charge < -0.3 is 11.1 Å². The molecule has 0 saturated heterocycles. The zero-order valence-corrected chi connectivity index (χ0v) is 10.3. The first kappa shape index (κ1) is 12.6. The van der Waals surface area contributed by atoms with Crippen LogP contribution in [0.1, 0.15) is 36.5 Å².